The zero-order chi connectivity index (χ0) is 29.3. The van der Waals surface area contributed by atoms with Crippen molar-refractivity contribution in [1.29, 1.82) is 0 Å². The van der Waals surface area contributed by atoms with E-state index in [1.807, 2.05) is 31.1 Å². The Morgan fingerprint density at radius 1 is 1.10 bits per heavy atom. The first-order valence-electron chi connectivity index (χ1n) is 12.0. The molecule has 0 unspecified atom stereocenters. The molecule has 2 aromatic heterocycles. The number of piperidine rings is 1. The summed E-state index contributed by atoms with van der Waals surface area (Å²) >= 11 is 7.17. The van der Waals surface area contributed by atoms with Crippen molar-refractivity contribution in [3.8, 4) is 5.75 Å². The van der Waals surface area contributed by atoms with Crippen molar-refractivity contribution in [2.24, 2.45) is 0 Å². The lowest BCUT2D eigenvalue weighted by Gasteiger charge is -2.26. The van der Waals surface area contributed by atoms with Crippen molar-refractivity contribution in [3.05, 3.63) is 63.4 Å². The van der Waals surface area contributed by atoms with Gasteiger partial charge in [-0.15, -0.1) is 11.3 Å². The topological polar surface area (TPSA) is 113 Å². The Bertz CT molecular complexity index is 1310. The average Bonchev–Trinajstić information content (AvgIpc) is 3.38. The number of hydrogen-bond acceptors (Lipinski definition) is 8. The van der Waals surface area contributed by atoms with Gasteiger partial charge in [-0.2, -0.15) is 13.2 Å². The summed E-state index contributed by atoms with van der Waals surface area (Å²) in [6, 6.07) is 8.76. The van der Waals surface area contributed by atoms with Crippen LogP contribution in [0.1, 0.15) is 33.6 Å². The first kappa shape index (κ1) is 30.9. The molecule has 0 aliphatic carbocycles. The van der Waals surface area contributed by atoms with Gasteiger partial charge in [0.2, 0.25) is 6.29 Å². The van der Waals surface area contributed by atoms with Crippen molar-refractivity contribution in [2.45, 2.75) is 25.1 Å². The summed E-state index contributed by atoms with van der Waals surface area (Å²) in [5, 5.41) is 12.8. The monoisotopic (exact) mass is 597 g/mol. The molecule has 1 aromatic carbocycles. The highest BCUT2D eigenvalue weighted by atomic mass is 35.5. The number of hydrogen-bond donors (Lipinski definition) is 3. The van der Waals surface area contributed by atoms with Gasteiger partial charge in [0.25, 0.3) is 11.8 Å². The Morgan fingerprint density at radius 3 is 2.38 bits per heavy atom. The maximum atomic E-state index is 13.3. The summed E-state index contributed by atoms with van der Waals surface area (Å²) < 4.78 is 37.5. The highest BCUT2D eigenvalue weighted by Gasteiger charge is 2.25. The van der Waals surface area contributed by atoms with Crippen LogP contribution in [0.5, 0.6) is 5.75 Å². The highest BCUT2D eigenvalue weighted by Crippen LogP contribution is 2.30. The lowest BCUT2D eigenvalue weighted by atomic mass is 10.1. The van der Waals surface area contributed by atoms with Gasteiger partial charge in [0, 0.05) is 42.8 Å². The van der Waals surface area contributed by atoms with E-state index in [2.05, 4.69) is 20.9 Å². The number of anilines is 3. The van der Waals surface area contributed by atoms with Gasteiger partial charge in [0.05, 0.1) is 21.8 Å². The second-order valence-electron chi connectivity index (χ2n) is 8.77. The zero-order valence-corrected chi connectivity index (χ0v) is 23.1. The molecule has 214 valence electrons. The van der Waals surface area contributed by atoms with Gasteiger partial charge in [-0.1, -0.05) is 11.6 Å². The molecule has 3 aromatic rings. The largest absolute Gasteiger partial charge is 0.489 e. The Hall–Kier alpha value is -3.68. The van der Waals surface area contributed by atoms with Gasteiger partial charge in [-0.05, 0) is 50.2 Å². The lowest BCUT2D eigenvalue weighted by molar-refractivity contribution is -0.156. The number of aromatic nitrogens is 1. The summed E-state index contributed by atoms with van der Waals surface area (Å²) in [4.78, 5) is 40.8. The smallest absolute Gasteiger partial charge is 0.446 e. The molecule has 40 heavy (non-hydrogen) atoms. The first-order valence-corrected chi connectivity index (χ1v) is 13.3. The number of nitrogens with one attached hydrogen (secondary N) is 3. The van der Waals surface area contributed by atoms with E-state index in [1.54, 1.807) is 29.0 Å². The highest BCUT2D eigenvalue weighted by molar-refractivity contribution is 7.08. The van der Waals surface area contributed by atoms with E-state index in [1.165, 1.54) is 17.5 Å². The van der Waals surface area contributed by atoms with Crippen molar-refractivity contribution < 1.29 is 32.3 Å². The molecule has 0 bridgehead atoms. The number of halogens is 4. The molecule has 0 saturated carbocycles. The second-order valence-corrected chi connectivity index (χ2v) is 9.95. The first-order chi connectivity index (χ1) is 19.0. The van der Waals surface area contributed by atoms with E-state index < -0.39 is 12.5 Å². The van der Waals surface area contributed by atoms with E-state index in [0.29, 0.717) is 33.4 Å². The van der Waals surface area contributed by atoms with E-state index in [4.69, 9.17) is 21.1 Å². The van der Waals surface area contributed by atoms with Crippen LogP contribution in [0.3, 0.4) is 0 Å². The maximum Gasteiger partial charge on any atom is 0.446 e. The number of nitrogens with zero attached hydrogens (tertiary/aromatic N) is 2. The van der Waals surface area contributed by atoms with Crippen molar-refractivity contribution in [1.82, 2.24) is 10.3 Å². The minimum atomic E-state index is -4.64. The fourth-order valence-electron chi connectivity index (χ4n) is 3.56. The van der Waals surface area contributed by atoms with Gasteiger partial charge >= 0.3 is 6.18 Å². The molecule has 0 spiro atoms. The SMILES string of the molecule is CN(C)c1ccc(C(=O)Nc2cscc2C(=O)Nc2ccc(Cl)cn2)c(OC2CCNCC2)c1.O=CC(F)(F)F. The van der Waals surface area contributed by atoms with Crippen LogP contribution in [-0.2, 0) is 4.79 Å². The molecule has 1 aliphatic heterocycles. The van der Waals surface area contributed by atoms with Crippen LogP contribution in [0, 0.1) is 0 Å². The molecule has 3 heterocycles. The number of benzene rings is 1. The number of alkyl halides is 3. The van der Waals surface area contributed by atoms with E-state index in [0.717, 1.165) is 31.6 Å². The van der Waals surface area contributed by atoms with Crippen LogP contribution in [0.25, 0.3) is 0 Å². The van der Waals surface area contributed by atoms with Crippen LogP contribution in [0.2, 0.25) is 5.02 Å². The van der Waals surface area contributed by atoms with Crippen LogP contribution in [0.4, 0.5) is 30.4 Å². The number of rotatable bonds is 7. The van der Waals surface area contributed by atoms with E-state index >= 15 is 0 Å². The fraction of sp³-hybridized carbons (Fsp3) is 0.308. The summed E-state index contributed by atoms with van der Waals surface area (Å²) in [5.74, 6) is 0.184. The summed E-state index contributed by atoms with van der Waals surface area (Å²) in [7, 11) is 3.88. The summed E-state index contributed by atoms with van der Waals surface area (Å²) in [6.07, 6.45) is -2.46. The number of aldehydes is 1. The number of pyridine rings is 1. The van der Waals surface area contributed by atoms with Gasteiger partial charge in [-0.3, -0.25) is 14.4 Å². The quantitative estimate of drug-likeness (QED) is 0.319. The molecule has 9 nitrogen and oxygen atoms in total. The molecule has 0 atom stereocenters. The molecule has 2 amide bonds. The Morgan fingerprint density at radius 2 is 1.77 bits per heavy atom. The van der Waals surface area contributed by atoms with Crippen molar-refractivity contribution in [3.63, 3.8) is 0 Å². The van der Waals surface area contributed by atoms with Gasteiger partial charge in [0.1, 0.15) is 17.7 Å². The minimum Gasteiger partial charge on any atom is -0.489 e. The summed E-state index contributed by atoms with van der Waals surface area (Å²) in [5.41, 5.74) is 2.12. The lowest BCUT2D eigenvalue weighted by Crippen LogP contribution is -2.34. The minimum absolute atomic E-state index is 0.0413. The van der Waals surface area contributed by atoms with Crippen molar-refractivity contribution in [2.75, 3.05) is 42.7 Å². The molecule has 0 radical (unpaired) electrons. The van der Waals surface area contributed by atoms with Gasteiger partial charge in [-0.25, -0.2) is 4.98 Å². The molecule has 1 aliphatic rings. The third-order valence-electron chi connectivity index (χ3n) is 5.56. The van der Waals surface area contributed by atoms with E-state index in [-0.39, 0.29) is 17.9 Å². The normalized spacial score (nSPS) is 13.4. The third kappa shape index (κ3) is 9.21. The second kappa shape index (κ2) is 14.1. The molecular weight excluding hydrogens is 571 g/mol. The molecule has 1 saturated heterocycles. The maximum absolute atomic E-state index is 13.3. The average molecular weight is 598 g/mol. The van der Waals surface area contributed by atoms with Crippen LogP contribution in [-0.4, -0.2) is 62.5 Å². The number of carbonyl (C=O) groups excluding carboxylic acids is 3. The Balaban J connectivity index is 0.000000663. The van der Waals surface area contributed by atoms with E-state index in [9.17, 15) is 22.8 Å². The Kier molecular flexibility index (Phi) is 10.9. The number of carbonyl (C=O) groups is 3. The van der Waals surface area contributed by atoms with Crippen LogP contribution < -0.4 is 25.6 Å². The van der Waals surface area contributed by atoms with Crippen LogP contribution in [0.15, 0.2) is 47.3 Å². The zero-order valence-electron chi connectivity index (χ0n) is 21.5. The molecule has 1 fully saturated rings. The number of ether oxygens (including phenoxy) is 1. The molecular formula is C26H27ClF3N5O4S. The molecule has 4 rings (SSSR count). The third-order valence-corrected chi connectivity index (χ3v) is 6.53. The molecule has 3 N–H and O–H groups in total. The standard InChI is InChI=1S/C24H26ClN5O3S.C2HF3O/c1-30(2)16-4-5-18(21(11-16)33-17-7-9-26-10-8-17)23(31)28-20-14-34-13-19(20)24(32)29-22-6-3-15(25)12-27-22;3-2(4,5)1-6/h3-6,11-14,17,26H,7-10H2,1-2H3,(H,28,31)(H,27,29,32);1H. The fourth-order valence-corrected chi connectivity index (χ4v) is 4.43. The number of amides is 2. The predicted molar refractivity (Wildman–Crippen MR) is 149 cm³/mol. The predicted octanol–water partition coefficient (Wildman–Crippen LogP) is 5.25. The van der Waals surface area contributed by atoms with Crippen LogP contribution >= 0.6 is 22.9 Å². The van der Waals surface area contributed by atoms with Gasteiger partial charge < -0.3 is 25.6 Å². The Labute approximate surface area is 237 Å². The summed E-state index contributed by atoms with van der Waals surface area (Å²) in [6.45, 7) is 1.77. The number of thiophene rings is 1. The van der Waals surface area contributed by atoms with Gasteiger partial charge in [0.15, 0.2) is 0 Å². The van der Waals surface area contributed by atoms with Crippen molar-refractivity contribution >= 4 is 58.2 Å². The molecule has 14 heteroatoms.